The summed E-state index contributed by atoms with van der Waals surface area (Å²) in [6.45, 7) is 0.266. The van der Waals surface area contributed by atoms with Crippen molar-refractivity contribution in [3.8, 4) is 5.75 Å². The van der Waals surface area contributed by atoms with E-state index in [1.165, 1.54) is 7.11 Å². The molecule has 0 unspecified atom stereocenters. The van der Waals surface area contributed by atoms with E-state index in [2.05, 4.69) is 0 Å². The fourth-order valence-corrected chi connectivity index (χ4v) is 2.77. The largest absolute Gasteiger partial charge is 0.492 e. The predicted octanol–water partition coefficient (Wildman–Crippen LogP) is 2.14. The molecule has 3 rings (SSSR count). The first-order chi connectivity index (χ1) is 10.2. The molecule has 2 aromatic carbocycles. The van der Waals surface area contributed by atoms with Gasteiger partial charge in [0.25, 0.3) is 0 Å². The molecule has 0 radical (unpaired) electrons. The Hall–Kier alpha value is -2.33. The van der Waals surface area contributed by atoms with Crippen molar-refractivity contribution in [2.45, 2.75) is 5.41 Å². The summed E-state index contributed by atoms with van der Waals surface area (Å²) in [5.41, 5.74) is 1.60. The topological polar surface area (TPSA) is 55.8 Å². The van der Waals surface area contributed by atoms with Crippen LogP contribution >= 0.6 is 0 Å². The van der Waals surface area contributed by atoms with Crippen molar-refractivity contribution in [3.63, 3.8) is 0 Å². The molecule has 0 amide bonds. The van der Waals surface area contributed by atoms with Gasteiger partial charge in [-0.3, -0.25) is 0 Å². The number of carbonyl (C=O) groups is 1. The van der Waals surface area contributed by atoms with E-state index in [0.29, 0.717) is 17.9 Å². The van der Waals surface area contributed by atoms with Crippen LogP contribution < -0.4 is 4.74 Å². The number of rotatable bonds is 3. The van der Waals surface area contributed by atoms with E-state index < -0.39 is 11.4 Å². The number of methoxy groups -OCH3 is 1. The van der Waals surface area contributed by atoms with Crippen LogP contribution in [0.1, 0.15) is 21.5 Å². The molecule has 1 N–H and O–H groups in total. The van der Waals surface area contributed by atoms with Gasteiger partial charge in [-0.15, -0.1) is 0 Å². The third kappa shape index (κ3) is 2.08. The highest BCUT2D eigenvalue weighted by atomic mass is 16.5. The van der Waals surface area contributed by atoms with Crippen LogP contribution in [0.25, 0.3) is 0 Å². The lowest BCUT2D eigenvalue weighted by molar-refractivity contribution is 0.0600. The minimum absolute atomic E-state index is 0.0887. The first-order valence-electron chi connectivity index (χ1n) is 6.73. The number of hydrogen-bond acceptors (Lipinski definition) is 4. The molecule has 1 aliphatic heterocycles. The Morgan fingerprint density at radius 3 is 2.71 bits per heavy atom. The zero-order chi connectivity index (χ0) is 14.9. The molecule has 0 saturated heterocycles. The van der Waals surface area contributed by atoms with Crippen molar-refractivity contribution in [1.82, 2.24) is 0 Å². The second-order valence-corrected chi connectivity index (χ2v) is 5.10. The number of ether oxygens (including phenoxy) is 2. The smallest absolute Gasteiger partial charge is 0.337 e. The Morgan fingerprint density at radius 1 is 1.29 bits per heavy atom. The highest BCUT2D eigenvalue weighted by molar-refractivity contribution is 5.90. The highest BCUT2D eigenvalue weighted by Crippen LogP contribution is 2.43. The maximum absolute atomic E-state index is 11.7. The minimum atomic E-state index is -0.638. The lowest BCUT2D eigenvalue weighted by atomic mass is 9.76. The van der Waals surface area contributed by atoms with Gasteiger partial charge in [0.05, 0.1) is 24.7 Å². The second kappa shape index (κ2) is 5.22. The molecule has 108 valence electrons. The summed E-state index contributed by atoms with van der Waals surface area (Å²) in [6, 6.07) is 14.9. The molecule has 1 atom stereocenters. The van der Waals surface area contributed by atoms with E-state index in [9.17, 15) is 9.90 Å². The fraction of sp³-hybridized carbons (Fsp3) is 0.235. The van der Waals surface area contributed by atoms with Gasteiger partial charge in [0, 0.05) is 5.56 Å². The van der Waals surface area contributed by atoms with Crippen LogP contribution in [0.15, 0.2) is 48.5 Å². The molecule has 4 heteroatoms. The van der Waals surface area contributed by atoms with E-state index in [0.717, 1.165) is 11.1 Å². The predicted molar refractivity (Wildman–Crippen MR) is 77.6 cm³/mol. The van der Waals surface area contributed by atoms with Gasteiger partial charge in [-0.05, 0) is 23.8 Å². The lowest BCUT2D eigenvalue weighted by Crippen LogP contribution is -2.33. The van der Waals surface area contributed by atoms with E-state index >= 15 is 0 Å². The number of carbonyl (C=O) groups excluding carboxylic acids is 1. The van der Waals surface area contributed by atoms with Crippen molar-refractivity contribution in [2.75, 3.05) is 20.3 Å². The average molecular weight is 284 g/mol. The van der Waals surface area contributed by atoms with Gasteiger partial charge in [-0.25, -0.2) is 4.79 Å². The minimum Gasteiger partial charge on any atom is -0.492 e. The van der Waals surface area contributed by atoms with E-state index in [1.807, 2.05) is 30.3 Å². The Bertz CT molecular complexity index is 666. The molecule has 0 aliphatic carbocycles. The van der Waals surface area contributed by atoms with Gasteiger partial charge in [0.15, 0.2) is 0 Å². The number of fused-ring (bicyclic) bond motifs is 1. The fourth-order valence-electron chi connectivity index (χ4n) is 2.77. The summed E-state index contributed by atoms with van der Waals surface area (Å²) in [5, 5.41) is 10.0. The first-order valence-corrected chi connectivity index (χ1v) is 6.73. The third-order valence-electron chi connectivity index (χ3n) is 3.99. The molecule has 0 bridgehead atoms. The van der Waals surface area contributed by atoms with Crippen molar-refractivity contribution in [3.05, 3.63) is 65.2 Å². The number of aliphatic hydroxyl groups excluding tert-OH is 1. The van der Waals surface area contributed by atoms with Gasteiger partial charge >= 0.3 is 5.97 Å². The normalized spacial score (nSPS) is 19.7. The maximum Gasteiger partial charge on any atom is 0.337 e. The molecule has 21 heavy (non-hydrogen) atoms. The Balaban J connectivity index is 2.15. The van der Waals surface area contributed by atoms with Crippen LogP contribution in [0.2, 0.25) is 0 Å². The molecule has 1 heterocycles. The maximum atomic E-state index is 11.7. The monoisotopic (exact) mass is 284 g/mol. The van der Waals surface area contributed by atoms with Gasteiger partial charge in [-0.2, -0.15) is 0 Å². The number of esters is 1. The molecular formula is C17H16O4. The zero-order valence-corrected chi connectivity index (χ0v) is 11.7. The Morgan fingerprint density at radius 2 is 2.05 bits per heavy atom. The van der Waals surface area contributed by atoms with Crippen LogP contribution in [0, 0.1) is 0 Å². The Labute approximate surface area is 122 Å². The molecule has 2 aromatic rings. The number of aliphatic hydroxyl groups is 1. The summed E-state index contributed by atoms with van der Waals surface area (Å²) in [4.78, 5) is 11.7. The molecule has 0 saturated carbocycles. The zero-order valence-electron chi connectivity index (χ0n) is 11.7. The summed E-state index contributed by atoms with van der Waals surface area (Å²) in [7, 11) is 1.35. The van der Waals surface area contributed by atoms with Gasteiger partial charge < -0.3 is 14.6 Å². The van der Waals surface area contributed by atoms with Crippen molar-refractivity contribution in [1.29, 1.82) is 0 Å². The van der Waals surface area contributed by atoms with Crippen molar-refractivity contribution in [2.24, 2.45) is 0 Å². The average Bonchev–Trinajstić information content (AvgIpc) is 2.94. The molecule has 1 aliphatic rings. The lowest BCUT2D eigenvalue weighted by Gasteiger charge is -2.26. The van der Waals surface area contributed by atoms with Crippen LogP contribution in [0.3, 0.4) is 0 Å². The summed E-state index contributed by atoms with van der Waals surface area (Å²) < 4.78 is 10.5. The first kappa shape index (κ1) is 13.6. The van der Waals surface area contributed by atoms with Crippen LogP contribution in [0.4, 0.5) is 0 Å². The van der Waals surface area contributed by atoms with Gasteiger partial charge in [-0.1, -0.05) is 30.3 Å². The van der Waals surface area contributed by atoms with Crippen molar-refractivity contribution >= 4 is 5.97 Å². The van der Waals surface area contributed by atoms with Crippen LogP contribution in [-0.2, 0) is 10.2 Å². The van der Waals surface area contributed by atoms with E-state index in [4.69, 9.17) is 9.47 Å². The molecular weight excluding hydrogens is 268 g/mol. The molecule has 0 aromatic heterocycles. The summed E-state index contributed by atoms with van der Waals surface area (Å²) in [6.07, 6.45) is 0. The van der Waals surface area contributed by atoms with E-state index in [1.54, 1.807) is 18.2 Å². The quantitative estimate of drug-likeness (QED) is 0.877. The second-order valence-electron chi connectivity index (χ2n) is 5.10. The van der Waals surface area contributed by atoms with Gasteiger partial charge in [0.2, 0.25) is 0 Å². The third-order valence-corrected chi connectivity index (χ3v) is 3.99. The number of benzene rings is 2. The van der Waals surface area contributed by atoms with Gasteiger partial charge in [0.1, 0.15) is 12.4 Å². The SMILES string of the molecule is COC(=O)c1ccc2c(c1)[C@@](CO)(c1ccccc1)CO2. The summed E-state index contributed by atoms with van der Waals surface area (Å²) >= 11 is 0. The standard InChI is InChI=1S/C17H16O4/c1-20-16(19)12-7-8-15-14(9-12)17(10-18,11-21-15)13-5-3-2-4-6-13/h2-9,18H,10-11H2,1H3/t17-/m1/s1. The molecule has 0 fully saturated rings. The number of hydrogen-bond donors (Lipinski definition) is 1. The van der Waals surface area contributed by atoms with Crippen molar-refractivity contribution < 1.29 is 19.4 Å². The summed E-state index contributed by atoms with van der Waals surface area (Å²) in [5.74, 6) is 0.296. The molecule has 0 spiro atoms. The van der Waals surface area contributed by atoms with Crippen LogP contribution in [0.5, 0.6) is 5.75 Å². The highest BCUT2D eigenvalue weighted by Gasteiger charge is 2.42. The van der Waals surface area contributed by atoms with E-state index in [-0.39, 0.29) is 6.61 Å². The Kier molecular flexibility index (Phi) is 3.39. The van der Waals surface area contributed by atoms with Crippen LogP contribution in [-0.4, -0.2) is 31.4 Å². The molecule has 4 nitrogen and oxygen atoms in total.